The van der Waals surface area contributed by atoms with E-state index in [9.17, 15) is 0 Å². The zero-order chi connectivity index (χ0) is 20.5. The first-order valence-corrected chi connectivity index (χ1v) is 10.2. The number of benzene rings is 2. The standard InChI is InChI=1S/C24H30N4O/c1-18(17-19-7-4-3-5-8-19)11-12-20-9-6-10-23(28-24(25)27-20)26-21-13-15-22(29-2)16-14-21/h3-5,7-8,10,13-16,18,26H,6,9,11-12,17H2,1-2H3,(H2,25,28). The second-order valence-electron chi connectivity index (χ2n) is 7.46. The summed E-state index contributed by atoms with van der Waals surface area (Å²) in [7, 11) is 1.66. The zero-order valence-corrected chi connectivity index (χ0v) is 17.3. The molecule has 0 aromatic heterocycles. The lowest BCUT2D eigenvalue weighted by atomic mass is 9.94. The number of hydrogen-bond donors (Lipinski definition) is 2. The first-order valence-electron chi connectivity index (χ1n) is 10.2. The van der Waals surface area contributed by atoms with Gasteiger partial charge in [-0.1, -0.05) is 37.3 Å². The van der Waals surface area contributed by atoms with Crippen LogP contribution < -0.4 is 15.8 Å². The van der Waals surface area contributed by atoms with Gasteiger partial charge in [0.15, 0.2) is 0 Å². The summed E-state index contributed by atoms with van der Waals surface area (Å²) in [6.07, 6.45) is 7.02. The van der Waals surface area contributed by atoms with Crippen LogP contribution >= 0.6 is 0 Å². The Kier molecular flexibility index (Phi) is 7.45. The van der Waals surface area contributed by atoms with Crippen LogP contribution in [0.5, 0.6) is 5.75 Å². The smallest absolute Gasteiger partial charge is 0.221 e. The molecule has 1 unspecified atom stereocenters. The highest BCUT2D eigenvalue weighted by atomic mass is 16.5. The van der Waals surface area contributed by atoms with Crippen LogP contribution in [0.15, 0.2) is 76.5 Å². The van der Waals surface area contributed by atoms with Crippen molar-refractivity contribution in [2.45, 2.75) is 39.0 Å². The second-order valence-corrected chi connectivity index (χ2v) is 7.46. The third-order valence-corrected chi connectivity index (χ3v) is 4.99. The number of hydrogen-bond acceptors (Lipinski definition) is 5. The van der Waals surface area contributed by atoms with E-state index in [0.717, 1.165) is 55.1 Å². The molecule has 5 heteroatoms. The van der Waals surface area contributed by atoms with Gasteiger partial charge in [0.1, 0.15) is 11.6 Å². The van der Waals surface area contributed by atoms with Gasteiger partial charge in [-0.2, -0.15) is 4.99 Å². The van der Waals surface area contributed by atoms with Crippen LogP contribution in [0.3, 0.4) is 0 Å². The van der Waals surface area contributed by atoms with E-state index in [1.165, 1.54) is 5.56 Å². The van der Waals surface area contributed by atoms with E-state index in [1.54, 1.807) is 7.11 Å². The van der Waals surface area contributed by atoms with Gasteiger partial charge in [-0.3, -0.25) is 0 Å². The molecule has 0 spiro atoms. The van der Waals surface area contributed by atoms with Crippen molar-refractivity contribution in [2.24, 2.45) is 21.6 Å². The number of guanidine groups is 1. The first kappa shape index (κ1) is 20.6. The lowest BCUT2D eigenvalue weighted by molar-refractivity contribution is 0.415. The predicted molar refractivity (Wildman–Crippen MR) is 122 cm³/mol. The molecule has 1 aliphatic heterocycles. The maximum atomic E-state index is 6.08. The van der Waals surface area contributed by atoms with E-state index in [0.29, 0.717) is 11.9 Å². The molecule has 5 nitrogen and oxygen atoms in total. The summed E-state index contributed by atoms with van der Waals surface area (Å²) in [6, 6.07) is 18.4. The number of allylic oxidation sites excluding steroid dienone is 1. The van der Waals surface area contributed by atoms with Crippen molar-refractivity contribution in [2.75, 3.05) is 12.4 Å². The van der Waals surface area contributed by atoms with E-state index in [4.69, 9.17) is 10.5 Å². The third kappa shape index (κ3) is 6.79. The number of anilines is 1. The van der Waals surface area contributed by atoms with Gasteiger partial charge >= 0.3 is 0 Å². The Labute approximate surface area is 173 Å². The lowest BCUT2D eigenvalue weighted by Crippen LogP contribution is -2.16. The minimum atomic E-state index is 0.308. The fourth-order valence-electron chi connectivity index (χ4n) is 3.40. The van der Waals surface area contributed by atoms with Crippen LogP contribution in [-0.4, -0.2) is 18.8 Å². The van der Waals surface area contributed by atoms with E-state index >= 15 is 0 Å². The van der Waals surface area contributed by atoms with Crippen molar-refractivity contribution in [1.82, 2.24) is 0 Å². The normalized spacial score (nSPS) is 15.3. The highest BCUT2D eigenvalue weighted by molar-refractivity contribution is 5.97. The van der Waals surface area contributed by atoms with E-state index < -0.39 is 0 Å². The molecule has 152 valence electrons. The summed E-state index contributed by atoms with van der Waals surface area (Å²) in [4.78, 5) is 9.02. The molecule has 0 saturated heterocycles. The van der Waals surface area contributed by atoms with Crippen molar-refractivity contribution in [3.8, 4) is 5.75 Å². The molecule has 3 rings (SSSR count). The molecular formula is C24H30N4O. The fourth-order valence-corrected chi connectivity index (χ4v) is 3.40. The number of ether oxygens (including phenoxy) is 1. The van der Waals surface area contributed by atoms with Gasteiger partial charge in [-0.25, -0.2) is 4.99 Å². The van der Waals surface area contributed by atoms with Crippen molar-refractivity contribution >= 4 is 17.4 Å². The summed E-state index contributed by atoms with van der Waals surface area (Å²) in [6.45, 7) is 2.30. The molecule has 0 bridgehead atoms. The molecule has 3 N–H and O–H groups in total. The van der Waals surface area contributed by atoms with Crippen LogP contribution in [0.2, 0.25) is 0 Å². The molecular weight excluding hydrogens is 360 g/mol. The van der Waals surface area contributed by atoms with Gasteiger partial charge in [0.2, 0.25) is 5.96 Å². The molecule has 2 aromatic rings. The first-order chi connectivity index (χ1) is 14.1. The Morgan fingerprint density at radius 3 is 2.55 bits per heavy atom. The van der Waals surface area contributed by atoms with Crippen LogP contribution in [0, 0.1) is 5.92 Å². The fraction of sp³-hybridized carbons (Fsp3) is 0.333. The van der Waals surface area contributed by atoms with E-state index in [-0.39, 0.29) is 0 Å². The molecule has 0 saturated carbocycles. The highest BCUT2D eigenvalue weighted by Crippen LogP contribution is 2.19. The van der Waals surface area contributed by atoms with Crippen LogP contribution in [-0.2, 0) is 6.42 Å². The molecule has 0 amide bonds. The van der Waals surface area contributed by atoms with Crippen molar-refractivity contribution in [3.05, 3.63) is 72.1 Å². The molecule has 1 heterocycles. The monoisotopic (exact) mass is 390 g/mol. The summed E-state index contributed by atoms with van der Waals surface area (Å²) in [5.74, 6) is 2.46. The third-order valence-electron chi connectivity index (χ3n) is 4.99. The Balaban J connectivity index is 1.55. The molecule has 0 fully saturated rings. The number of nitrogens with two attached hydrogens (primary N) is 1. The average Bonchev–Trinajstić information content (AvgIpc) is 2.71. The maximum absolute atomic E-state index is 6.08. The van der Waals surface area contributed by atoms with Gasteiger partial charge in [0, 0.05) is 11.4 Å². The number of aliphatic imine (C=N–C) groups is 2. The van der Waals surface area contributed by atoms with Gasteiger partial charge < -0.3 is 15.8 Å². The lowest BCUT2D eigenvalue weighted by Gasteiger charge is -2.14. The maximum Gasteiger partial charge on any atom is 0.221 e. The summed E-state index contributed by atoms with van der Waals surface area (Å²) >= 11 is 0. The molecule has 1 aliphatic rings. The molecule has 0 radical (unpaired) electrons. The van der Waals surface area contributed by atoms with Crippen molar-refractivity contribution < 1.29 is 4.74 Å². The van der Waals surface area contributed by atoms with Gasteiger partial charge in [-0.05, 0) is 73.9 Å². The summed E-state index contributed by atoms with van der Waals surface area (Å²) < 4.78 is 5.19. The number of nitrogens with zero attached hydrogens (tertiary/aromatic N) is 2. The topological polar surface area (TPSA) is 72.0 Å². The van der Waals surface area contributed by atoms with E-state index in [1.807, 2.05) is 24.3 Å². The molecule has 2 aromatic carbocycles. The number of methoxy groups -OCH3 is 1. The highest BCUT2D eigenvalue weighted by Gasteiger charge is 2.10. The number of rotatable bonds is 8. The van der Waals surface area contributed by atoms with E-state index in [2.05, 4.69) is 58.6 Å². The Morgan fingerprint density at radius 1 is 1.07 bits per heavy atom. The van der Waals surface area contributed by atoms with Crippen molar-refractivity contribution in [3.63, 3.8) is 0 Å². The Bertz CT molecular complexity index is 870. The number of nitrogens with one attached hydrogen (secondary N) is 1. The van der Waals surface area contributed by atoms with Crippen LogP contribution in [0.4, 0.5) is 5.69 Å². The van der Waals surface area contributed by atoms with Crippen molar-refractivity contribution in [1.29, 1.82) is 0 Å². The summed E-state index contributed by atoms with van der Waals surface area (Å²) in [5, 5.41) is 3.29. The summed E-state index contributed by atoms with van der Waals surface area (Å²) in [5.41, 5.74) is 9.53. The average molecular weight is 391 g/mol. The zero-order valence-electron chi connectivity index (χ0n) is 17.3. The SMILES string of the molecule is COc1ccc(NC2=CCCC(CCC(C)Cc3ccccc3)=NC(N)=N2)cc1. The minimum Gasteiger partial charge on any atom is -0.497 e. The quantitative estimate of drug-likeness (QED) is 0.654. The molecule has 29 heavy (non-hydrogen) atoms. The van der Waals surface area contributed by atoms with Gasteiger partial charge in [0.25, 0.3) is 0 Å². The Morgan fingerprint density at radius 2 is 1.83 bits per heavy atom. The molecule has 1 atom stereocenters. The largest absolute Gasteiger partial charge is 0.497 e. The minimum absolute atomic E-state index is 0.308. The Hall–Kier alpha value is -3.08. The molecule has 0 aliphatic carbocycles. The van der Waals surface area contributed by atoms with Gasteiger partial charge in [0.05, 0.1) is 7.11 Å². The van der Waals surface area contributed by atoms with Crippen LogP contribution in [0.25, 0.3) is 0 Å². The predicted octanol–water partition coefficient (Wildman–Crippen LogP) is 5.16. The second kappa shape index (κ2) is 10.5. The van der Waals surface area contributed by atoms with Gasteiger partial charge in [-0.15, -0.1) is 0 Å². The van der Waals surface area contributed by atoms with Crippen LogP contribution in [0.1, 0.15) is 38.2 Å².